The molecular formula is C8H4BrF9S. The molecule has 1 aromatic rings. The number of rotatable bonds is 3. The van der Waals surface area contributed by atoms with E-state index < -0.39 is 31.4 Å². The Balaban J connectivity index is 3.57. The Labute approximate surface area is 109 Å². The highest BCUT2D eigenvalue weighted by Crippen LogP contribution is 3.06. The molecule has 0 aliphatic heterocycles. The minimum absolute atomic E-state index is 0.196. The van der Waals surface area contributed by atoms with Gasteiger partial charge in [-0.15, -0.1) is 0 Å². The zero-order chi connectivity index (χ0) is 15.4. The Hall–Kier alpha value is -0.580. The Kier molecular flexibility index (Phi) is 3.07. The van der Waals surface area contributed by atoms with E-state index in [1.54, 1.807) is 0 Å². The summed E-state index contributed by atoms with van der Waals surface area (Å²) in [5, 5.41) is -7.10. The summed E-state index contributed by atoms with van der Waals surface area (Å²) in [5.74, 6) is -1.83. The number of alkyl halides is 4. The van der Waals surface area contributed by atoms with Gasteiger partial charge in [-0.1, -0.05) is 37.6 Å². The summed E-state index contributed by atoms with van der Waals surface area (Å²) in [7, 11) is -11.6. The molecule has 19 heavy (non-hydrogen) atoms. The van der Waals surface area contributed by atoms with Crippen molar-refractivity contribution in [1.29, 1.82) is 0 Å². The van der Waals surface area contributed by atoms with Gasteiger partial charge in [0, 0.05) is 5.56 Å². The number of hydrogen-bond donors (Lipinski definition) is 0. The third kappa shape index (κ3) is 2.54. The Morgan fingerprint density at radius 3 is 1.68 bits per heavy atom. The molecule has 112 valence electrons. The molecule has 0 heterocycles. The van der Waals surface area contributed by atoms with Crippen LogP contribution in [0.5, 0.6) is 0 Å². The van der Waals surface area contributed by atoms with Gasteiger partial charge in [0.25, 0.3) is 4.58 Å². The molecule has 0 bridgehead atoms. The monoisotopic (exact) mass is 382 g/mol. The highest BCUT2D eigenvalue weighted by Gasteiger charge is 2.90. The minimum atomic E-state index is -11.6. The molecular weight excluding hydrogens is 379 g/mol. The predicted molar refractivity (Wildman–Crippen MR) is 56.2 cm³/mol. The average molecular weight is 383 g/mol. The van der Waals surface area contributed by atoms with Gasteiger partial charge >= 0.3 is 15.5 Å². The molecule has 0 nitrogen and oxygen atoms in total. The maximum atomic E-state index is 13.6. The third-order valence-corrected chi connectivity index (χ3v) is 4.50. The second kappa shape index (κ2) is 3.54. The number of benzene rings is 1. The molecule has 0 radical (unpaired) electrons. The lowest BCUT2D eigenvalue weighted by Gasteiger charge is -2.49. The van der Waals surface area contributed by atoms with E-state index in [9.17, 15) is 37.0 Å². The van der Waals surface area contributed by atoms with Gasteiger partial charge in [-0.2, -0.15) is 8.78 Å². The van der Waals surface area contributed by atoms with Crippen LogP contribution in [0.1, 0.15) is 5.56 Å². The summed E-state index contributed by atoms with van der Waals surface area (Å²) in [6.07, 6.45) is 0. The van der Waals surface area contributed by atoms with Crippen molar-refractivity contribution in [2.75, 3.05) is 0 Å². The van der Waals surface area contributed by atoms with E-state index in [1.165, 1.54) is 15.9 Å². The van der Waals surface area contributed by atoms with E-state index in [2.05, 4.69) is 0 Å². The van der Waals surface area contributed by atoms with Crippen LogP contribution in [-0.2, 0) is 4.58 Å². The molecule has 1 aromatic carbocycles. The Morgan fingerprint density at radius 1 is 0.895 bits per heavy atom. The van der Waals surface area contributed by atoms with Crippen molar-refractivity contribution in [3.05, 3.63) is 35.6 Å². The van der Waals surface area contributed by atoms with Crippen molar-refractivity contribution < 1.29 is 37.0 Å². The van der Waals surface area contributed by atoms with Crippen molar-refractivity contribution >= 4 is 26.2 Å². The summed E-state index contributed by atoms with van der Waals surface area (Å²) >= 11 is 1.24. The van der Waals surface area contributed by atoms with Gasteiger partial charge in [0.05, 0.1) is 0 Å². The fraction of sp³-hybridized carbons (Fsp3) is 0.250. The predicted octanol–water partition coefficient (Wildman–Crippen LogP) is 6.23. The fourth-order valence-electron chi connectivity index (χ4n) is 1.11. The van der Waals surface area contributed by atoms with Gasteiger partial charge in [-0.05, 0) is 22.0 Å². The summed E-state index contributed by atoms with van der Waals surface area (Å²) in [6, 6.07) is 2.13. The lowest BCUT2D eigenvalue weighted by atomic mass is 10.1. The molecule has 1 rings (SSSR count). The van der Waals surface area contributed by atoms with E-state index in [4.69, 9.17) is 0 Å². The Morgan fingerprint density at radius 2 is 1.32 bits per heavy atom. The molecule has 1 atom stereocenters. The molecule has 0 saturated carbocycles. The quantitative estimate of drug-likeness (QED) is 0.429. The van der Waals surface area contributed by atoms with Crippen molar-refractivity contribution in [3.63, 3.8) is 0 Å². The van der Waals surface area contributed by atoms with Crippen LogP contribution in [0.2, 0.25) is 0 Å². The first-order chi connectivity index (χ1) is 8.01. The van der Waals surface area contributed by atoms with Crippen molar-refractivity contribution in [1.82, 2.24) is 0 Å². The topological polar surface area (TPSA) is 0 Å². The largest absolute Gasteiger partial charge is 0.427 e. The highest BCUT2D eigenvalue weighted by atomic mass is 79.9. The second-order valence-electron chi connectivity index (χ2n) is 3.54. The second-order valence-corrected chi connectivity index (χ2v) is 7.08. The molecule has 1 unspecified atom stereocenters. The Bertz CT molecular complexity index is 506. The summed E-state index contributed by atoms with van der Waals surface area (Å²) in [6.45, 7) is 0. The van der Waals surface area contributed by atoms with Gasteiger partial charge in [0.1, 0.15) is 5.82 Å². The minimum Gasteiger partial charge on any atom is -0.218 e. The normalized spacial score (nSPS) is 20.3. The van der Waals surface area contributed by atoms with Crippen LogP contribution < -0.4 is 0 Å². The first-order valence-corrected chi connectivity index (χ1v) is 6.99. The van der Waals surface area contributed by atoms with Gasteiger partial charge < -0.3 is 0 Å². The standard InChI is InChI=1S/C8H4BrF9S/c9-7(11,5-3-1-2-4-6(5)10)8(12,13)19(14,15,16,17)18/h1-4H. The van der Waals surface area contributed by atoms with Gasteiger partial charge in [0.2, 0.25) is 0 Å². The van der Waals surface area contributed by atoms with Gasteiger partial charge in [0.15, 0.2) is 0 Å². The zero-order valence-corrected chi connectivity index (χ0v) is 10.9. The van der Waals surface area contributed by atoms with E-state index in [1.807, 2.05) is 0 Å². The van der Waals surface area contributed by atoms with E-state index in [0.717, 1.165) is 12.1 Å². The summed E-state index contributed by atoms with van der Waals surface area (Å²) in [5.41, 5.74) is -1.88. The van der Waals surface area contributed by atoms with E-state index in [0.29, 0.717) is 6.07 Å². The maximum absolute atomic E-state index is 13.6. The van der Waals surface area contributed by atoms with Crippen LogP contribution in [0.15, 0.2) is 24.3 Å². The lowest BCUT2D eigenvalue weighted by Crippen LogP contribution is -2.46. The molecule has 0 saturated heterocycles. The highest BCUT2D eigenvalue weighted by molar-refractivity contribution is 9.09. The molecule has 0 N–H and O–H groups in total. The van der Waals surface area contributed by atoms with Crippen LogP contribution >= 0.6 is 26.2 Å². The molecule has 0 aromatic heterocycles. The molecule has 11 heteroatoms. The van der Waals surface area contributed by atoms with Gasteiger partial charge in [-0.25, -0.2) is 8.78 Å². The first-order valence-electron chi connectivity index (χ1n) is 4.25. The number of hydrogen-bond acceptors (Lipinski definition) is 0. The summed E-state index contributed by atoms with van der Waals surface area (Å²) < 4.78 is 108. The lowest BCUT2D eigenvalue weighted by molar-refractivity contribution is -0.0497. The van der Waals surface area contributed by atoms with Crippen LogP contribution in [0.4, 0.5) is 37.0 Å². The fourth-order valence-corrected chi connectivity index (χ4v) is 2.95. The third-order valence-electron chi connectivity index (χ3n) is 2.06. The van der Waals surface area contributed by atoms with Crippen LogP contribution in [0, 0.1) is 5.82 Å². The van der Waals surface area contributed by atoms with Crippen molar-refractivity contribution in [3.8, 4) is 0 Å². The van der Waals surface area contributed by atoms with Crippen molar-refractivity contribution in [2.24, 2.45) is 0 Å². The molecule has 0 amide bonds. The maximum Gasteiger partial charge on any atom is 0.427 e. The molecule has 0 fully saturated rings. The van der Waals surface area contributed by atoms with E-state index >= 15 is 0 Å². The smallest absolute Gasteiger partial charge is 0.218 e. The van der Waals surface area contributed by atoms with E-state index in [-0.39, 0.29) is 6.07 Å². The molecule has 0 aliphatic rings. The van der Waals surface area contributed by atoms with Gasteiger partial charge in [-0.3, -0.25) is 0 Å². The van der Waals surface area contributed by atoms with Crippen LogP contribution in [-0.4, -0.2) is 5.25 Å². The zero-order valence-electron chi connectivity index (χ0n) is 8.50. The molecule has 0 spiro atoms. The summed E-state index contributed by atoms with van der Waals surface area (Å²) in [4.78, 5) is 0. The molecule has 0 aliphatic carbocycles. The SMILES string of the molecule is Fc1ccccc1C(F)(Br)C(F)(F)S(F)(F)(F)(F)F. The van der Waals surface area contributed by atoms with Crippen LogP contribution in [0.3, 0.4) is 0 Å². The van der Waals surface area contributed by atoms with Crippen LogP contribution in [0.25, 0.3) is 0 Å². The van der Waals surface area contributed by atoms with Crippen molar-refractivity contribution in [2.45, 2.75) is 9.83 Å². The first kappa shape index (κ1) is 16.5. The average Bonchev–Trinajstić information content (AvgIpc) is 2.13. The number of halogens is 10.